The highest BCUT2D eigenvalue weighted by Gasteiger charge is 2.21. The van der Waals surface area contributed by atoms with Gasteiger partial charge in [0.1, 0.15) is 16.7 Å². The van der Waals surface area contributed by atoms with E-state index in [1.807, 2.05) is 29.5 Å². The van der Waals surface area contributed by atoms with Gasteiger partial charge in [-0.1, -0.05) is 109 Å². The maximum absolute atomic E-state index is 6.49. The van der Waals surface area contributed by atoms with Crippen LogP contribution in [0.5, 0.6) is 0 Å². The van der Waals surface area contributed by atoms with E-state index < -0.39 is 0 Å². The first-order valence-electron chi connectivity index (χ1n) is 20.2. The van der Waals surface area contributed by atoms with E-state index in [1.54, 1.807) is 0 Å². The molecule has 0 fully saturated rings. The number of para-hydroxylation sites is 1. The lowest BCUT2D eigenvalue weighted by molar-refractivity contribution is 0.620. The van der Waals surface area contributed by atoms with Crippen molar-refractivity contribution < 1.29 is 8.83 Å². The lowest BCUT2D eigenvalue weighted by atomic mass is 9.96. The first-order valence-corrected chi connectivity index (χ1v) is 21.0. The summed E-state index contributed by atoms with van der Waals surface area (Å²) < 4.78 is 15.4. The molecule has 4 nitrogen and oxygen atoms in total. The molecule has 0 aliphatic carbocycles. The molecule has 0 N–H and O–H groups in total. The van der Waals surface area contributed by atoms with Crippen molar-refractivity contribution in [3.8, 4) is 22.6 Å². The molecule has 13 aromatic rings. The Morgan fingerprint density at radius 2 is 1.02 bits per heavy atom. The van der Waals surface area contributed by atoms with E-state index in [1.165, 1.54) is 25.6 Å². The number of aromatic nitrogens is 1. The van der Waals surface area contributed by atoms with Crippen LogP contribution < -0.4 is 4.90 Å². The normalized spacial score (nSPS) is 12.0. The average molecular weight is 785 g/mol. The summed E-state index contributed by atoms with van der Waals surface area (Å²) in [5.74, 6) is 0.626. The molecule has 0 spiro atoms. The number of furan rings is 1. The Labute approximate surface area is 347 Å². The Morgan fingerprint density at radius 3 is 1.95 bits per heavy atom. The third-order valence-electron chi connectivity index (χ3n) is 12.0. The number of nitrogens with zero attached hydrogens (tertiary/aromatic N) is 2. The summed E-state index contributed by atoms with van der Waals surface area (Å²) in [4.78, 5) is 7.46. The van der Waals surface area contributed by atoms with Crippen molar-refractivity contribution in [3.05, 3.63) is 194 Å². The number of hydrogen-bond acceptors (Lipinski definition) is 5. The van der Waals surface area contributed by atoms with E-state index in [0.29, 0.717) is 5.89 Å². The average Bonchev–Trinajstić information content (AvgIpc) is 4.02. The van der Waals surface area contributed by atoms with Gasteiger partial charge in [-0.25, -0.2) is 4.98 Å². The number of anilines is 3. The second-order valence-corrected chi connectivity index (χ2v) is 16.6. The quantitative estimate of drug-likeness (QED) is 0.174. The molecule has 0 radical (unpaired) electrons. The van der Waals surface area contributed by atoms with Gasteiger partial charge in [-0.15, -0.1) is 11.3 Å². The van der Waals surface area contributed by atoms with E-state index in [-0.39, 0.29) is 0 Å². The van der Waals surface area contributed by atoms with Crippen molar-refractivity contribution in [2.75, 3.05) is 4.90 Å². The Balaban J connectivity index is 0.990. The van der Waals surface area contributed by atoms with Gasteiger partial charge in [-0.05, 0) is 112 Å². The molecule has 0 aliphatic heterocycles. The molecule has 0 saturated heterocycles. The van der Waals surface area contributed by atoms with E-state index in [9.17, 15) is 0 Å². The zero-order chi connectivity index (χ0) is 39.3. The summed E-state index contributed by atoms with van der Waals surface area (Å²) in [6, 6.07) is 69.4. The topological polar surface area (TPSA) is 42.4 Å². The lowest BCUT2D eigenvalue weighted by Gasteiger charge is -2.28. The van der Waals surface area contributed by atoms with Crippen molar-refractivity contribution in [3.63, 3.8) is 0 Å². The van der Waals surface area contributed by atoms with Crippen LogP contribution in [-0.2, 0) is 0 Å². The van der Waals surface area contributed by atoms with Gasteiger partial charge < -0.3 is 13.7 Å². The van der Waals surface area contributed by atoms with Crippen molar-refractivity contribution in [1.82, 2.24) is 4.98 Å². The van der Waals surface area contributed by atoms with Crippen LogP contribution in [0, 0.1) is 0 Å². The molecule has 0 aliphatic rings. The van der Waals surface area contributed by atoms with Crippen LogP contribution in [0.25, 0.3) is 108 Å². The van der Waals surface area contributed by atoms with Gasteiger partial charge in [0.25, 0.3) is 0 Å². The first kappa shape index (κ1) is 33.3. The van der Waals surface area contributed by atoms with Crippen LogP contribution in [0.1, 0.15) is 0 Å². The van der Waals surface area contributed by atoms with Crippen LogP contribution in [-0.4, -0.2) is 4.98 Å². The Morgan fingerprint density at radius 1 is 0.367 bits per heavy atom. The van der Waals surface area contributed by atoms with Gasteiger partial charge in [0.05, 0.1) is 5.69 Å². The summed E-state index contributed by atoms with van der Waals surface area (Å²) >= 11 is 1.84. The number of hydrogen-bond donors (Lipinski definition) is 0. The summed E-state index contributed by atoms with van der Waals surface area (Å²) in [5.41, 5.74) is 9.80. The summed E-state index contributed by atoms with van der Waals surface area (Å²) in [6.07, 6.45) is 0. The Kier molecular flexibility index (Phi) is 7.14. The molecule has 3 heterocycles. The highest BCUT2D eigenvalue weighted by atomic mass is 32.1. The Bertz CT molecular complexity index is 3870. The molecule has 13 rings (SSSR count). The zero-order valence-corrected chi connectivity index (χ0v) is 32.9. The van der Waals surface area contributed by atoms with Gasteiger partial charge in [-0.2, -0.15) is 0 Å². The third kappa shape index (κ3) is 5.19. The SMILES string of the molecule is c1ccc2cc(-c3nc4c(ccc5cc(-c6cc(N(c7ccc8c(c7)oc7ccccc78)c7ccc8sc9ccccc9c8c7)c7ccccc7c6)ccc54)o3)ccc2c1. The van der Waals surface area contributed by atoms with E-state index >= 15 is 0 Å². The fraction of sp³-hybridized carbons (Fsp3) is 0. The lowest BCUT2D eigenvalue weighted by Crippen LogP contribution is -2.10. The molecule has 0 atom stereocenters. The standard InChI is InChI=1S/C55H32N2O2S/c1-2-10-34-28-38(18-17-33(34)9-1)55-56-54-43-23-19-35(27-37(43)20-25-50(54)59-55)39-29-36-11-3-4-12-42(36)48(30-39)57(40-22-26-53-47(31-40)46-14-6-8-16-52(46)60-53)41-21-24-45-44-13-5-7-15-49(44)58-51(45)32-41/h1-32H. The number of thiophene rings is 1. The molecule has 10 aromatic carbocycles. The van der Waals surface area contributed by atoms with Crippen LogP contribution >= 0.6 is 11.3 Å². The smallest absolute Gasteiger partial charge is 0.227 e. The first-order chi connectivity index (χ1) is 29.7. The molecular formula is C55H32N2O2S. The third-order valence-corrected chi connectivity index (χ3v) is 13.2. The maximum Gasteiger partial charge on any atom is 0.227 e. The largest absolute Gasteiger partial charge is 0.456 e. The molecule has 0 bridgehead atoms. The molecule has 0 unspecified atom stereocenters. The zero-order valence-electron chi connectivity index (χ0n) is 32.1. The fourth-order valence-corrected chi connectivity index (χ4v) is 10.2. The van der Waals surface area contributed by atoms with Gasteiger partial charge in [0, 0.05) is 64.7 Å². The predicted molar refractivity (Wildman–Crippen MR) is 252 cm³/mol. The molecule has 0 amide bonds. The Hall–Kier alpha value is -7.73. The molecule has 280 valence electrons. The minimum Gasteiger partial charge on any atom is -0.456 e. The van der Waals surface area contributed by atoms with Crippen LogP contribution in [0.15, 0.2) is 203 Å². The number of benzene rings is 10. The minimum absolute atomic E-state index is 0.626. The van der Waals surface area contributed by atoms with Gasteiger partial charge in [0.2, 0.25) is 5.89 Å². The highest BCUT2D eigenvalue weighted by Crippen LogP contribution is 2.46. The number of rotatable bonds is 5. The van der Waals surface area contributed by atoms with Crippen LogP contribution in [0.3, 0.4) is 0 Å². The molecule has 60 heavy (non-hydrogen) atoms. The minimum atomic E-state index is 0.626. The van der Waals surface area contributed by atoms with E-state index in [0.717, 1.165) is 93.7 Å². The van der Waals surface area contributed by atoms with Gasteiger partial charge in [-0.3, -0.25) is 0 Å². The highest BCUT2D eigenvalue weighted by molar-refractivity contribution is 7.25. The van der Waals surface area contributed by atoms with Crippen molar-refractivity contribution in [2.45, 2.75) is 0 Å². The van der Waals surface area contributed by atoms with Crippen LogP contribution in [0.2, 0.25) is 0 Å². The van der Waals surface area contributed by atoms with Gasteiger partial charge in [0.15, 0.2) is 5.58 Å². The number of fused-ring (bicyclic) bond motifs is 11. The molecule has 0 saturated carbocycles. The monoisotopic (exact) mass is 784 g/mol. The second kappa shape index (κ2) is 12.9. The number of oxazole rings is 1. The summed E-state index contributed by atoms with van der Waals surface area (Å²) in [7, 11) is 0. The second-order valence-electron chi connectivity index (χ2n) is 15.5. The predicted octanol–water partition coefficient (Wildman–Crippen LogP) is 16.4. The molecule has 5 heteroatoms. The van der Waals surface area contributed by atoms with Crippen LogP contribution in [0.4, 0.5) is 17.1 Å². The summed E-state index contributed by atoms with van der Waals surface area (Å²) in [6.45, 7) is 0. The summed E-state index contributed by atoms with van der Waals surface area (Å²) in [5, 5.41) is 11.6. The maximum atomic E-state index is 6.49. The van der Waals surface area contributed by atoms with E-state index in [2.05, 4.69) is 181 Å². The van der Waals surface area contributed by atoms with Gasteiger partial charge >= 0.3 is 0 Å². The molecular weight excluding hydrogens is 753 g/mol. The van der Waals surface area contributed by atoms with E-state index in [4.69, 9.17) is 13.8 Å². The van der Waals surface area contributed by atoms with Crippen molar-refractivity contribution >= 4 is 114 Å². The fourth-order valence-electron chi connectivity index (χ4n) is 9.12. The van der Waals surface area contributed by atoms with Crippen molar-refractivity contribution in [1.29, 1.82) is 0 Å². The molecule has 3 aromatic heterocycles. The van der Waals surface area contributed by atoms with Crippen molar-refractivity contribution in [2.24, 2.45) is 0 Å².